The van der Waals surface area contributed by atoms with Crippen molar-refractivity contribution in [2.45, 2.75) is 12.8 Å². The van der Waals surface area contributed by atoms with Gasteiger partial charge in [0.25, 0.3) is 0 Å². The van der Waals surface area contributed by atoms with Gasteiger partial charge in [0.1, 0.15) is 0 Å². The topological polar surface area (TPSA) is 148 Å². The Balaban J connectivity index is 4.06. The van der Waals surface area contributed by atoms with Gasteiger partial charge in [-0.2, -0.15) is 0 Å². The Bertz CT molecular complexity index is 275. The molecule has 0 aliphatic rings. The van der Waals surface area contributed by atoms with Gasteiger partial charge in [-0.05, 0) is 0 Å². The van der Waals surface area contributed by atoms with Crippen LogP contribution < -0.4 is 0 Å². The van der Waals surface area contributed by atoms with E-state index in [1.807, 2.05) is 0 Å². The molecule has 0 aromatic heterocycles. The molecule has 0 aliphatic heterocycles. The van der Waals surface area contributed by atoms with Gasteiger partial charge < -0.3 is 10.4 Å². The Morgan fingerprint density at radius 3 is 1.71 bits per heavy atom. The van der Waals surface area contributed by atoms with Crippen molar-refractivity contribution in [2.75, 3.05) is 26.2 Å². The molecule has 0 atom stereocenters. The standard InChI is InChI=1S/C6H13N5O6/c12-7-11(17)8(3-1-5-9(13)14)4-2-6-10(15)16/h12H,1-6H2/b11-7-. The van der Waals surface area contributed by atoms with E-state index in [1.165, 1.54) is 0 Å². The lowest BCUT2D eigenvalue weighted by molar-refractivity contribution is -0.711. The first-order valence-electron chi connectivity index (χ1n) is 4.78. The zero-order valence-corrected chi connectivity index (χ0v) is 8.97. The third-order valence-electron chi connectivity index (χ3n) is 1.83. The summed E-state index contributed by atoms with van der Waals surface area (Å²) in [4.78, 5) is 18.9. The number of nitrogens with zero attached hydrogens (tertiary/aromatic N) is 5. The van der Waals surface area contributed by atoms with E-state index in [4.69, 9.17) is 5.21 Å². The summed E-state index contributed by atoms with van der Waals surface area (Å²) in [6.45, 7) is -0.672. The Morgan fingerprint density at radius 2 is 1.41 bits per heavy atom. The van der Waals surface area contributed by atoms with Gasteiger partial charge in [-0.3, -0.25) is 20.2 Å². The zero-order chi connectivity index (χ0) is 13.3. The molecule has 17 heavy (non-hydrogen) atoms. The molecule has 0 spiro atoms. The summed E-state index contributed by atoms with van der Waals surface area (Å²) < 4.78 is 0. The lowest BCUT2D eigenvalue weighted by Crippen LogP contribution is -2.34. The summed E-state index contributed by atoms with van der Waals surface area (Å²) in [5.74, 6) is 0. The van der Waals surface area contributed by atoms with E-state index in [-0.39, 0.29) is 44.0 Å². The molecule has 0 fully saturated rings. The molecule has 0 rings (SSSR count). The lowest BCUT2D eigenvalue weighted by atomic mass is 10.3. The predicted molar refractivity (Wildman–Crippen MR) is 52.4 cm³/mol. The van der Waals surface area contributed by atoms with Crippen molar-refractivity contribution in [2.24, 2.45) is 5.28 Å². The lowest BCUT2D eigenvalue weighted by Gasteiger charge is -2.15. The van der Waals surface area contributed by atoms with Crippen LogP contribution in [0.3, 0.4) is 0 Å². The number of nitro groups is 2. The Kier molecular flexibility index (Phi) is 6.97. The van der Waals surface area contributed by atoms with Crippen molar-refractivity contribution in [1.29, 1.82) is 0 Å². The molecule has 0 unspecified atom stereocenters. The molecule has 0 aliphatic carbocycles. The minimum absolute atomic E-state index is 0.00768. The van der Waals surface area contributed by atoms with Crippen molar-refractivity contribution >= 4 is 0 Å². The van der Waals surface area contributed by atoms with Crippen molar-refractivity contribution in [1.82, 2.24) is 5.01 Å². The van der Waals surface area contributed by atoms with Crippen LogP contribution in [-0.2, 0) is 0 Å². The van der Waals surface area contributed by atoms with Gasteiger partial charge in [0, 0.05) is 22.7 Å². The van der Waals surface area contributed by atoms with Gasteiger partial charge >= 0.3 is 0 Å². The van der Waals surface area contributed by atoms with E-state index in [0.29, 0.717) is 0 Å². The zero-order valence-electron chi connectivity index (χ0n) is 8.97. The Morgan fingerprint density at radius 1 is 1.00 bits per heavy atom. The van der Waals surface area contributed by atoms with Gasteiger partial charge in [0.2, 0.25) is 18.4 Å². The van der Waals surface area contributed by atoms with Crippen molar-refractivity contribution < 1.29 is 20.0 Å². The monoisotopic (exact) mass is 251 g/mol. The molecular formula is C6H13N5O6. The quantitative estimate of drug-likeness (QED) is 0.260. The molecule has 0 bridgehead atoms. The van der Waals surface area contributed by atoms with Crippen molar-refractivity contribution in [3.8, 4) is 0 Å². The molecule has 98 valence electrons. The van der Waals surface area contributed by atoms with E-state index >= 15 is 0 Å². The van der Waals surface area contributed by atoms with E-state index in [0.717, 1.165) is 5.01 Å². The molecule has 0 aromatic rings. The first kappa shape index (κ1) is 14.8. The third-order valence-corrected chi connectivity index (χ3v) is 1.83. The van der Waals surface area contributed by atoms with Crippen LogP contribution in [0.25, 0.3) is 0 Å². The predicted octanol–water partition coefficient (Wildman–Crippen LogP) is -0.111. The molecular weight excluding hydrogens is 238 g/mol. The molecule has 11 nitrogen and oxygen atoms in total. The van der Waals surface area contributed by atoms with E-state index < -0.39 is 9.85 Å². The van der Waals surface area contributed by atoms with Crippen molar-refractivity contribution in [3.05, 3.63) is 25.4 Å². The average Bonchev–Trinajstić information content (AvgIpc) is 2.25. The smallest absolute Gasteiger partial charge is 0.230 e. The molecule has 0 aromatic carbocycles. The van der Waals surface area contributed by atoms with Crippen LogP contribution in [0.1, 0.15) is 12.8 Å². The first-order valence-corrected chi connectivity index (χ1v) is 4.78. The summed E-state index contributed by atoms with van der Waals surface area (Å²) in [5, 5.41) is 42.6. The van der Waals surface area contributed by atoms with Crippen LogP contribution in [0.2, 0.25) is 0 Å². The molecule has 0 radical (unpaired) electrons. The summed E-state index contributed by atoms with van der Waals surface area (Å²) in [5.41, 5.74) is 0. The van der Waals surface area contributed by atoms with Crippen LogP contribution >= 0.6 is 0 Å². The summed E-state index contributed by atoms with van der Waals surface area (Å²) >= 11 is 0. The fraction of sp³-hybridized carbons (Fsp3) is 1.00. The number of rotatable bonds is 9. The molecule has 1 N–H and O–H groups in total. The average molecular weight is 251 g/mol. The SMILES string of the molecule is O=[N+]([O-])CCCN(CCC[N+](=O)[O-])/[N+]([O-])=N/O. The molecule has 0 heterocycles. The van der Waals surface area contributed by atoms with Crippen LogP contribution in [0.4, 0.5) is 0 Å². The van der Waals surface area contributed by atoms with E-state index in [9.17, 15) is 25.4 Å². The van der Waals surface area contributed by atoms with Crippen LogP contribution in [0, 0.1) is 25.4 Å². The van der Waals surface area contributed by atoms with Crippen LogP contribution in [0.5, 0.6) is 0 Å². The minimum Gasteiger partial charge on any atom is -0.569 e. The highest BCUT2D eigenvalue weighted by Gasteiger charge is 2.15. The number of hydrogen-bond donors (Lipinski definition) is 1. The van der Waals surface area contributed by atoms with Gasteiger partial charge in [0.15, 0.2) is 0 Å². The molecule has 0 saturated heterocycles. The van der Waals surface area contributed by atoms with E-state index in [1.54, 1.807) is 0 Å². The molecule has 11 heteroatoms. The van der Waals surface area contributed by atoms with Crippen LogP contribution in [0.15, 0.2) is 5.28 Å². The first-order chi connectivity index (χ1) is 7.97. The second-order valence-electron chi connectivity index (χ2n) is 3.12. The summed E-state index contributed by atoms with van der Waals surface area (Å²) in [6, 6.07) is 0. The van der Waals surface area contributed by atoms with E-state index in [2.05, 4.69) is 5.28 Å². The van der Waals surface area contributed by atoms with Gasteiger partial charge in [0.05, 0.1) is 18.1 Å². The normalized spacial score (nSPS) is 11.2. The minimum atomic E-state index is -0.541. The second kappa shape index (κ2) is 8.01. The second-order valence-corrected chi connectivity index (χ2v) is 3.12. The molecule has 0 amide bonds. The highest BCUT2D eigenvalue weighted by molar-refractivity contribution is 4.46. The Labute approximate surface area is 95.8 Å². The van der Waals surface area contributed by atoms with Gasteiger partial charge in [-0.15, -0.1) is 5.01 Å². The summed E-state index contributed by atoms with van der Waals surface area (Å²) in [6.07, 6.45) is 0.166. The number of hydrogen-bond acceptors (Lipinski definition) is 6. The van der Waals surface area contributed by atoms with Gasteiger partial charge in [-0.25, -0.2) is 0 Å². The Hall–Kier alpha value is -2.20. The van der Waals surface area contributed by atoms with Crippen LogP contribution in [-0.4, -0.2) is 51.2 Å². The number of hydrazine groups is 1. The third kappa shape index (κ3) is 7.70. The maximum absolute atomic E-state index is 10.9. The maximum atomic E-state index is 10.9. The van der Waals surface area contributed by atoms with Gasteiger partial charge in [-0.1, -0.05) is 0 Å². The largest absolute Gasteiger partial charge is 0.569 e. The van der Waals surface area contributed by atoms with Crippen molar-refractivity contribution in [3.63, 3.8) is 0 Å². The fourth-order valence-corrected chi connectivity index (χ4v) is 1.10. The maximum Gasteiger partial charge on any atom is 0.230 e. The highest BCUT2D eigenvalue weighted by atomic mass is 16.6. The summed E-state index contributed by atoms with van der Waals surface area (Å²) in [7, 11) is 0. The molecule has 0 saturated carbocycles. The fourth-order valence-electron chi connectivity index (χ4n) is 1.10. The highest BCUT2D eigenvalue weighted by Crippen LogP contribution is 1.96.